The Balaban J connectivity index is 1.61. The van der Waals surface area contributed by atoms with Crippen LogP contribution in [0.3, 0.4) is 0 Å². The molecule has 1 aliphatic heterocycles. The van der Waals surface area contributed by atoms with Crippen molar-refractivity contribution in [3.8, 4) is 0 Å². The Morgan fingerprint density at radius 3 is 2.46 bits per heavy atom. The van der Waals surface area contributed by atoms with Crippen LogP contribution < -0.4 is 0 Å². The van der Waals surface area contributed by atoms with Gasteiger partial charge in [-0.05, 0) is 55.9 Å². The van der Waals surface area contributed by atoms with Crippen LogP contribution in [-0.4, -0.2) is 23.9 Å². The minimum Gasteiger partial charge on any atom is -0.338 e. The summed E-state index contributed by atoms with van der Waals surface area (Å²) in [6.45, 7) is 1.40. The molecule has 0 radical (unpaired) electrons. The number of carbonyl (C=O) groups excluding carboxylic acids is 1. The van der Waals surface area contributed by atoms with Gasteiger partial charge in [0, 0.05) is 24.2 Å². The van der Waals surface area contributed by atoms with E-state index in [1.165, 1.54) is 18.2 Å². The van der Waals surface area contributed by atoms with E-state index in [1.807, 2.05) is 35.2 Å². The Kier molecular flexibility index (Phi) is 5.24. The summed E-state index contributed by atoms with van der Waals surface area (Å²) in [7, 11) is 0. The van der Waals surface area contributed by atoms with Crippen LogP contribution in [-0.2, 0) is 6.42 Å². The molecule has 0 unspecified atom stereocenters. The fourth-order valence-corrected chi connectivity index (χ4v) is 3.37. The second-order valence-electron chi connectivity index (χ2n) is 6.36. The standard InChI is InChI=1S/C20H21F2NO/c21-18-9-4-10-19(22)17(18)12-11-15-6-5-13-23(14-15)20(24)16-7-2-1-3-8-16/h1-4,7-10,15H,5-6,11-14H2/t15-/m1/s1. The van der Waals surface area contributed by atoms with Crippen molar-refractivity contribution in [3.63, 3.8) is 0 Å². The van der Waals surface area contributed by atoms with Crippen LogP contribution in [0.2, 0.25) is 0 Å². The highest BCUT2D eigenvalue weighted by Gasteiger charge is 2.24. The van der Waals surface area contributed by atoms with Gasteiger partial charge in [-0.3, -0.25) is 4.79 Å². The predicted octanol–water partition coefficient (Wildman–Crippen LogP) is 4.45. The first-order valence-corrected chi connectivity index (χ1v) is 8.42. The number of benzene rings is 2. The van der Waals surface area contributed by atoms with Crippen molar-refractivity contribution in [1.29, 1.82) is 0 Å². The molecule has 0 saturated carbocycles. The lowest BCUT2D eigenvalue weighted by molar-refractivity contribution is 0.0668. The number of piperidine rings is 1. The fourth-order valence-electron chi connectivity index (χ4n) is 3.37. The van der Waals surface area contributed by atoms with Crippen LogP contribution in [0.5, 0.6) is 0 Å². The van der Waals surface area contributed by atoms with Gasteiger partial charge in [-0.15, -0.1) is 0 Å². The predicted molar refractivity (Wildman–Crippen MR) is 89.7 cm³/mol. The van der Waals surface area contributed by atoms with Gasteiger partial charge >= 0.3 is 0 Å². The number of hydrogen-bond acceptors (Lipinski definition) is 1. The Bertz CT molecular complexity index is 682. The normalized spacial score (nSPS) is 17.8. The third-order valence-electron chi connectivity index (χ3n) is 4.69. The molecule has 4 heteroatoms. The van der Waals surface area contributed by atoms with Crippen molar-refractivity contribution in [1.82, 2.24) is 4.90 Å². The Morgan fingerprint density at radius 1 is 1.04 bits per heavy atom. The summed E-state index contributed by atoms with van der Waals surface area (Å²) in [5, 5.41) is 0. The van der Waals surface area contributed by atoms with E-state index < -0.39 is 11.6 Å². The second-order valence-corrected chi connectivity index (χ2v) is 6.36. The molecule has 1 fully saturated rings. The molecule has 0 bridgehead atoms. The zero-order chi connectivity index (χ0) is 16.9. The molecule has 3 rings (SSSR count). The summed E-state index contributed by atoms with van der Waals surface area (Å²) in [5.74, 6) is -0.645. The number of likely N-dealkylation sites (tertiary alicyclic amines) is 1. The molecule has 1 saturated heterocycles. The quantitative estimate of drug-likeness (QED) is 0.811. The molecule has 0 aromatic heterocycles. The highest BCUT2D eigenvalue weighted by Crippen LogP contribution is 2.24. The molecule has 0 N–H and O–H groups in total. The van der Waals surface area contributed by atoms with E-state index in [9.17, 15) is 13.6 Å². The minimum absolute atomic E-state index is 0.0392. The van der Waals surface area contributed by atoms with Crippen molar-refractivity contribution >= 4 is 5.91 Å². The number of amides is 1. The zero-order valence-corrected chi connectivity index (χ0v) is 13.6. The number of rotatable bonds is 4. The molecule has 2 nitrogen and oxygen atoms in total. The van der Waals surface area contributed by atoms with Gasteiger partial charge in [0.15, 0.2) is 0 Å². The number of hydrogen-bond donors (Lipinski definition) is 0. The first kappa shape index (κ1) is 16.6. The van der Waals surface area contributed by atoms with E-state index in [0.29, 0.717) is 24.9 Å². The molecular weight excluding hydrogens is 308 g/mol. The van der Waals surface area contributed by atoms with Gasteiger partial charge in [0.2, 0.25) is 0 Å². The van der Waals surface area contributed by atoms with Crippen molar-refractivity contribution in [3.05, 3.63) is 71.3 Å². The van der Waals surface area contributed by atoms with Crippen molar-refractivity contribution in [2.75, 3.05) is 13.1 Å². The molecule has 1 heterocycles. The van der Waals surface area contributed by atoms with Crippen molar-refractivity contribution in [2.45, 2.75) is 25.7 Å². The molecule has 2 aromatic rings. The summed E-state index contributed by atoms with van der Waals surface area (Å²) < 4.78 is 27.5. The van der Waals surface area contributed by atoms with E-state index >= 15 is 0 Å². The first-order chi connectivity index (χ1) is 11.6. The van der Waals surface area contributed by atoms with Crippen molar-refractivity contribution < 1.29 is 13.6 Å². The average Bonchev–Trinajstić information content (AvgIpc) is 2.62. The van der Waals surface area contributed by atoms with Gasteiger partial charge in [0.1, 0.15) is 11.6 Å². The van der Waals surface area contributed by atoms with Gasteiger partial charge in [0.05, 0.1) is 0 Å². The zero-order valence-electron chi connectivity index (χ0n) is 13.6. The van der Waals surface area contributed by atoms with Gasteiger partial charge in [-0.2, -0.15) is 0 Å². The minimum atomic E-state index is -0.483. The average molecular weight is 329 g/mol. The lowest BCUT2D eigenvalue weighted by atomic mass is 9.91. The summed E-state index contributed by atoms with van der Waals surface area (Å²) in [6, 6.07) is 13.2. The molecule has 24 heavy (non-hydrogen) atoms. The molecule has 1 amide bonds. The highest BCUT2D eigenvalue weighted by atomic mass is 19.1. The smallest absolute Gasteiger partial charge is 0.253 e. The Labute approximate surface area is 141 Å². The van der Waals surface area contributed by atoms with E-state index in [-0.39, 0.29) is 17.4 Å². The van der Waals surface area contributed by atoms with E-state index in [1.54, 1.807) is 0 Å². The summed E-state index contributed by atoms with van der Waals surface area (Å²) in [6.07, 6.45) is 2.99. The van der Waals surface area contributed by atoms with Gasteiger partial charge in [0.25, 0.3) is 5.91 Å². The topological polar surface area (TPSA) is 20.3 Å². The molecular formula is C20H21F2NO. The maximum atomic E-state index is 13.7. The highest BCUT2D eigenvalue weighted by molar-refractivity contribution is 5.94. The summed E-state index contributed by atoms with van der Waals surface area (Å²) in [5.41, 5.74) is 0.849. The Morgan fingerprint density at radius 2 is 1.75 bits per heavy atom. The third-order valence-corrected chi connectivity index (χ3v) is 4.69. The second kappa shape index (κ2) is 7.56. The lowest BCUT2D eigenvalue weighted by Gasteiger charge is -2.33. The van der Waals surface area contributed by atoms with E-state index in [0.717, 1.165) is 19.4 Å². The van der Waals surface area contributed by atoms with Gasteiger partial charge in [-0.25, -0.2) is 8.78 Å². The summed E-state index contributed by atoms with van der Waals surface area (Å²) >= 11 is 0. The molecule has 0 aliphatic carbocycles. The van der Waals surface area contributed by atoms with Gasteiger partial charge in [-0.1, -0.05) is 24.3 Å². The van der Waals surface area contributed by atoms with Crippen molar-refractivity contribution in [2.24, 2.45) is 5.92 Å². The molecule has 0 spiro atoms. The molecule has 1 aliphatic rings. The number of halogens is 2. The van der Waals surface area contributed by atoms with E-state index in [2.05, 4.69) is 0 Å². The monoisotopic (exact) mass is 329 g/mol. The van der Waals surface area contributed by atoms with Crippen LogP contribution in [0, 0.1) is 17.6 Å². The molecule has 1 atom stereocenters. The third kappa shape index (κ3) is 3.81. The maximum absolute atomic E-state index is 13.7. The first-order valence-electron chi connectivity index (χ1n) is 8.42. The van der Waals surface area contributed by atoms with Gasteiger partial charge < -0.3 is 4.90 Å². The number of carbonyl (C=O) groups is 1. The van der Waals surface area contributed by atoms with E-state index in [4.69, 9.17) is 0 Å². The maximum Gasteiger partial charge on any atom is 0.253 e. The lowest BCUT2D eigenvalue weighted by Crippen LogP contribution is -2.40. The Hall–Kier alpha value is -2.23. The SMILES string of the molecule is O=C(c1ccccc1)N1CCC[C@H](CCc2c(F)cccc2F)C1. The fraction of sp³-hybridized carbons (Fsp3) is 0.350. The van der Waals surface area contributed by atoms with Crippen LogP contribution in [0.4, 0.5) is 8.78 Å². The van der Waals surface area contributed by atoms with Crippen LogP contribution >= 0.6 is 0 Å². The summed E-state index contributed by atoms with van der Waals surface area (Å²) in [4.78, 5) is 14.4. The van der Waals surface area contributed by atoms with Crippen LogP contribution in [0.25, 0.3) is 0 Å². The molecule has 126 valence electrons. The number of nitrogens with zero attached hydrogens (tertiary/aromatic N) is 1. The molecule has 2 aromatic carbocycles. The van der Waals surface area contributed by atoms with Crippen LogP contribution in [0.1, 0.15) is 35.2 Å². The van der Waals surface area contributed by atoms with Crippen LogP contribution in [0.15, 0.2) is 48.5 Å². The largest absolute Gasteiger partial charge is 0.338 e.